The molecule has 0 aromatic heterocycles. The lowest BCUT2D eigenvalue weighted by Crippen LogP contribution is -2.51. The van der Waals surface area contributed by atoms with Gasteiger partial charge in [0, 0.05) is 37.4 Å². The highest BCUT2D eigenvalue weighted by molar-refractivity contribution is 7.99. The SMILES string of the molecule is NC(=O)[C@@H]1CN(C(=O)NC2CCOC3(CCSC3)C2)C[C@H]1c1ccccc1. The van der Waals surface area contributed by atoms with Gasteiger partial charge in [-0.25, -0.2) is 4.79 Å². The van der Waals surface area contributed by atoms with Crippen molar-refractivity contribution in [1.82, 2.24) is 10.2 Å². The average molecular weight is 390 g/mol. The third kappa shape index (κ3) is 3.94. The molecule has 3 aliphatic rings. The van der Waals surface area contributed by atoms with Crippen LogP contribution in [-0.4, -0.2) is 59.7 Å². The van der Waals surface area contributed by atoms with E-state index in [4.69, 9.17) is 10.5 Å². The summed E-state index contributed by atoms with van der Waals surface area (Å²) in [5.41, 5.74) is 6.63. The molecule has 3 aliphatic heterocycles. The van der Waals surface area contributed by atoms with Crippen molar-refractivity contribution < 1.29 is 14.3 Å². The lowest BCUT2D eigenvalue weighted by Gasteiger charge is -2.38. The Hall–Kier alpha value is -1.73. The Bertz CT molecular complexity index is 693. The number of ether oxygens (including phenoxy) is 1. The van der Waals surface area contributed by atoms with Crippen molar-refractivity contribution in [3.63, 3.8) is 0 Å². The molecule has 0 bridgehead atoms. The highest BCUT2D eigenvalue weighted by Crippen LogP contribution is 2.38. The number of thioether (sulfide) groups is 1. The minimum absolute atomic E-state index is 0.0401. The van der Waals surface area contributed by atoms with Gasteiger partial charge in [0.1, 0.15) is 0 Å². The molecule has 4 rings (SSSR count). The van der Waals surface area contributed by atoms with Gasteiger partial charge in [0.15, 0.2) is 0 Å². The van der Waals surface area contributed by atoms with Gasteiger partial charge in [0.25, 0.3) is 0 Å². The maximum atomic E-state index is 12.9. The number of amides is 3. The number of hydrogen-bond acceptors (Lipinski definition) is 4. The Balaban J connectivity index is 1.41. The number of carbonyl (C=O) groups excluding carboxylic acids is 2. The maximum absolute atomic E-state index is 12.9. The Kier molecular flexibility index (Phi) is 5.32. The molecule has 0 aliphatic carbocycles. The van der Waals surface area contributed by atoms with Crippen LogP contribution < -0.4 is 11.1 Å². The van der Waals surface area contributed by atoms with E-state index in [1.54, 1.807) is 4.90 Å². The number of primary amides is 1. The van der Waals surface area contributed by atoms with Gasteiger partial charge in [-0.1, -0.05) is 30.3 Å². The van der Waals surface area contributed by atoms with Crippen LogP contribution in [0.2, 0.25) is 0 Å². The molecular formula is C20H27N3O3S. The second-order valence-corrected chi connectivity index (χ2v) is 9.01. The molecule has 3 fully saturated rings. The molecule has 2 unspecified atom stereocenters. The van der Waals surface area contributed by atoms with Crippen LogP contribution in [0.5, 0.6) is 0 Å². The fourth-order valence-electron chi connectivity index (χ4n) is 4.58. The average Bonchev–Trinajstić information content (AvgIpc) is 3.30. The predicted molar refractivity (Wildman–Crippen MR) is 106 cm³/mol. The lowest BCUT2D eigenvalue weighted by atomic mass is 9.89. The summed E-state index contributed by atoms with van der Waals surface area (Å²) >= 11 is 1.93. The molecule has 1 spiro atoms. The summed E-state index contributed by atoms with van der Waals surface area (Å²) in [6.07, 6.45) is 2.78. The zero-order valence-electron chi connectivity index (χ0n) is 15.4. The highest BCUT2D eigenvalue weighted by Gasteiger charge is 2.43. The van der Waals surface area contributed by atoms with Crippen LogP contribution in [0.4, 0.5) is 4.79 Å². The van der Waals surface area contributed by atoms with E-state index in [-0.39, 0.29) is 35.4 Å². The number of urea groups is 1. The fraction of sp³-hybridized carbons (Fsp3) is 0.600. The van der Waals surface area contributed by atoms with Crippen molar-refractivity contribution >= 4 is 23.7 Å². The third-order valence-corrected chi connectivity index (χ3v) is 7.31. The van der Waals surface area contributed by atoms with Gasteiger partial charge in [-0.05, 0) is 30.6 Å². The van der Waals surface area contributed by atoms with E-state index in [9.17, 15) is 9.59 Å². The number of benzene rings is 1. The van der Waals surface area contributed by atoms with E-state index in [1.807, 2.05) is 42.1 Å². The summed E-state index contributed by atoms with van der Waals surface area (Å²) in [4.78, 5) is 26.6. The van der Waals surface area contributed by atoms with Crippen LogP contribution in [0.3, 0.4) is 0 Å². The van der Waals surface area contributed by atoms with Crippen LogP contribution in [0, 0.1) is 5.92 Å². The molecule has 3 N–H and O–H groups in total. The molecule has 3 saturated heterocycles. The monoisotopic (exact) mass is 389 g/mol. The first-order valence-electron chi connectivity index (χ1n) is 9.68. The summed E-state index contributed by atoms with van der Waals surface area (Å²) in [7, 11) is 0. The molecule has 0 radical (unpaired) electrons. The lowest BCUT2D eigenvalue weighted by molar-refractivity contribution is -0.121. The molecule has 27 heavy (non-hydrogen) atoms. The van der Waals surface area contributed by atoms with Crippen LogP contribution in [-0.2, 0) is 9.53 Å². The van der Waals surface area contributed by atoms with Crippen LogP contribution in [0.25, 0.3) is 0 Å². The number of rotatable bonds is 3. The number of nitrogens with two attached hydrogens (primary N) is 1. The molecule has 7 heteroatoms. The summed E-state index contributed by atoms with van der Waals surface area (Å²) < 4.78 is 6.04. The summed E-state index contributed by atoms with van der Waals surface area (Å²) in [6.45, 7) is 1.60. The third-order valence-electron chi connectivity index (χ3n) is 6.09. The smallest absolute Gasteiger partial charge is 0.317 e. The molecule has 4 atom stereocenters. The van der Waals surface area contributed by atoms with Gasteiger partial charge in [-0.15, -0.1) is 0 Å². The van der Waals surface area contributed by atoms with E-state index >= 15 is 0 Å². The first-order chi connectivity index (χ1) is 13.1. The summed E-state index contributed by atoms with van der Waals surface area (Å²) in [5, 5.41) is 3.19. The molecule has 146 valence electrons. The number of hydrogen-bond donors (Lipinski definition) is 2. The molecule has 3 amide bonds. The van der Waals surface area contributed by atoms with Crippen molar-refractivity contribution in [2.75, 3.05) is 31.2 Å². The minimum Gasteiger partial charge on any atom is -0.374 e. The first-order valence-corrected chi connectivity index (χ1v) is 10.8. The molecule has 1 aromatic rings. The minimum atomic E-state index is -0.342. The standard InChI is InChI=1S/C20H27N3O3S/c21-18(24)17-12-23(11-16(17)14-4-2-1-3-5-14)19(25)22-15-6-8-26-20(10-15)7-9-27-13-20/h1-5,15-17H,6-13H2,(H2,21,24)(H,22,25)/t15?,16-,17+,20?/m0/s1. The van der Waals surface area contributed by atoms with Crippen molar-refractivity contribution in [2.24, 2.45) is 11.7 Å². The Labute approximate surface area is 164 Å². The van der Waals surface area contributed by atoms with Crippen molar-refractivity contribution in [3.8, 4) is 0 Å². The number of nitrogens with one attached hydrogen (secondary N) is 1. The van der Waals surface area contributed by atoms with Gasteiger partial charge >= 0.3 is 6.03 Å². The van der Waals surface area contributed by atoms with E-state index in [0.717, 1.165) is 36.3 Å². The van der Waals surface area contributed by atoms with Crippen LogP contribution in [0.15, 0.2) is 30.3 Å². The summed E-state index contributed by atoms with van der Waals surface area (Å²) in [5.74, 6) is 1.42. The Morgan fingerprint density at radius 1 is 1.26 bits per heavy atom. The van der Waals surface area contributed by atoms with Crippen molar-refractivity contribution in [1.29, 1.82) is 0 Å². The number of likely N-dealkylation sites (tertiary alicyclic amines) is 1. The van der Waals surface area contributed by atoms with E-state index in [1.165, 1.54) is 0 Å². The van der Waals surface area contributed by atoms with E-state index < -0.39 is 0 Å². The van der Waals surface area contributed by atoms with E-state index in [2.05, 4.69) is 5.32 Å². The van der Waals surface area contributed by atoms with E-state index in [0.29, 0.717) is 19.7 Å². The Morgan fingerprint density at radius 2 is 2.07 bits per heavy atom. The van der Waals surface area contributed by atoms with Gasteiger partial charge in [0.05, 0.1) is 11.5 Å². The Morgan fingerprint density at radius 3 is 2.78 bits per heavy atom. The second-order valence-electron chi connectivity index (χ2n) is 7.90. The highest BCUT2D eigenvalue weighted by atomic mass is 32.2. The van der Waals surface area contributed by atoms with Gasteiger partial charge < -0.3 is 20.7 Å². The number of carbonyl (C=O) groups is 2. The quantitative estimate of drug-likeness (QED) is 0.828. The molecule has 1 aromatic carbocycles. The van der Waals surface area contributed by atoms with Gasteiger partial charge in [0.2, 0.25) is 5.91 Å². The van der Waals surface area contributed by atoms with Crippen LogP contribution >= 0.6 is 11.8 Å². The molecule has 3 heterocycles. The fourth-order valence-corrected chi connectivity index (χ4v) is 5.95. The van der Waals surface area contributed by atoms with Gasteiger partial charge in [-0.2, -0.15) is 11.8 Å². The van der Waals surface area contributed by atoms with Crippen LogP contribution in [0.1, 0.15) is 30.7 Å². The zero-order chi connectivity index (χ0) is 18.9. The first kappa shape index (κ1) is 18.6. The van der Waals surface area contributed by atoms with Crippen molar-refractivity contribution in [2.45, 2.75) is 36.8 Å². The van der Waals surface area contributed by atoms with Gasteiger partial charge in [-0.3, -0.25) is 4.79 Å². The topological polar surface area (TPSA) is 84.7 Å². The second kappa shape index (κ2) is 7.72. The zero-order valence-corrected chi connectivity index (χ0v) is 16.2. The largest absolute Gasteiger partial charge is 0.374 e. The predicted octanol–water partition coefficient (Wildman–Crippen LogP) is 1.95. The molecule has 6 nitrogen and oxygen atoms in total. The molecule has 0 saturated carbocycles. The molecular weight excluding hydrogens is 362 g/mol. The summed E-state index contributed by atoms with van der Waals surface area (Å²) in [6, 6.07) is 9.91. The normalized spacial score (nSPS) is 33.3. The maximum Gasteiger partial charge on any atom is 0.317 e. The number of nitrogens with zero attached hydrogens (tertiary/aromatic N) is 1. The van der Waals surface area contributed by atoms with Crippen molar-refractivity contribution in [3.05, 3.63) is 35.9 Å².